The molecule has 0 radical (unpaired) electrons. The van der Waals surface area contributed by atoms with Gasteiger partial charge in [-0.25, -0.2) is 0 Å². The van der Waals surface area contributed by atoms with Gasteiger partial charge in [0.2, 0.25) is 5.91 Å². The van der Waals surface area contributed by atoms with Crippen molar-refractivity contribution in [3.63, 3.8) is 0 Å². The van der Waals surface area contributed by atoms with Crippen LogP contribution in [0.4, 0.5) is 5.69 Å². The average Bonchev–Trinajstić information content (AvgIpc) is 3.27. The Hall–Kier alpha value is -3.08. The molecule has 170 valence electrons. The van der Waals surface area contributed by atoms with E-state index in [1.807, 2.05) is 6.08 Å². The van der Waals surface area contributed by atoms with E-state index in [-0.39, 0.29) is 12.5 Å². The third-order valence-corrected chi connectivity index (χ3v) is 6.70. The van der Waals surface area contributed by atoms with Gasteiger partial charge in [0.1, 0.15) is 6.54 Å². The van der Waals surface area contributed by atoms with Crippen molar-refractivity contribution in [2.45, 2.75) is 66.3 Å². The van der Waals surface area contributed by atoms with Crippen LogP contribution in [-0.4, -0.2) is 29.6 Å². The van der Waals surface area contributed by atoms with E-state index in [0.29, 0.717) is 11.6 Å². The Bertz CT molecular complexity index is 1020. The summed E-state index contributed by atoms with van der Waals surface area (Å²) < 4.78 is 0. The van der Waals surface area contributed by atoms with Crippen LogP contribution < -0.4 is 10.6 Å². The molecule has 1 aliphatic rings. The van der Waals surface area contributed by atoms with E-state index in [9.17, 15) is 9.59 Å². The summed E-state index contributed by atoms with van der Waals surface area (Å²) in [6.45, 7) is 9.73. The molecule has 3 N–H and O–H groups in total. The fourth-order valence-corrected chi connectivity index (χ4v) is 4.61. The van der Waals surface area contributed by atoms with Crippen molar-refractivity contribution in [2.75, 3.05) is 11.9 Å². The van der Waals surface area contributed by atoms with Gasteiger partial charge in [0.15, 0.2) is 0 Å². The summed E-state index contributed by atoms with van der Waals surface area (Å²) in [5, 5.41) is 14.9. The number of hydrogen-bond donors (Lipinski definition) is 3. The average molecular weight is 435 g/mol. The topological polar surface area (TPSA) is 78.4 Å². The number of carboxylic acids is 1. The molecular weight excluding hydrogens is 400 g/mol. The Kier molecular flexibility index (Phi) is 7.39. The van der Waals surface area contributed by atoms with Gasteiger partial charge in [0.05, 0.1) is 0 Å². The predicted octanol–water partition coefficient (Wildman–Crippen LogP) is 5.55. The Morgan fingerprint density at radius 3 is 2.06 bits per heavy atom. The lowest BCUT2D eigenvalue weighted by Gasteiger charge is -2.20. The van der Waals surface area contributed by atoms with Crippen molar-refractivity contribution in [1.29, 1.82) is 0 Å². The monoisotopic (exact) mass is 434 g/mol. The highest BCUT2D eigenvalue weighted by Gasteiger charge is 2.17. The summed E-state index contributed by atoms with van der Waals surface area (Å²) in [6, 6.07) is 9.30. The number of rotatable bonds is 7. The minimum Gasteiger partial charge on any atom is -0.480 e. The molecular formula is C27H34N2O3. The second kappa shape index (κ2) is 10.0. The summed E-state index contributed by atoms with van der Waals surface area (Å²) in [5.41, 5.74) is 9.74. The van der Waals surface area contributed by atoms with Crippen molar-refractivity contribution < 1.29 is 14.7 Å². The fourth-order valence-electron chi connectivity index (χ4n) is 4.61. The highest BCUT2D eigenvalue weighted by atomic mass is 16.4. The van der Waals surface area contributed by atoms with E-state index in [4.69, 9.17) is 5.11 Å². The van der Waals surface area contributed by atoms with Crippen LogP contribution in [0.25, 0.3) is 17.2 Å². The van der Waals surface area contributed by atoms with Gasteiger partial charge in [-0.2, -0.15) is 0 Å². The first-order valence-corrected chi connectivity index (χ1v) is 11.3. The van der Waals surface area contributed by atoms with Gasteiger partial charge < -0.3 is 15.7 Å². The van der Waals surface area contributed by atoms with Gasteiger partial charge in [-0.1, -0.05) is 25.0 Å². The lowest BCUT2D eigenvalue weighted by molar-refractivity contribution is -0.137. The molecule has 1 saturated carbocycles. The maximum atomic E-state index is 12.2. The molecule has 1 fully saturated rings. The third-order valence-electron chi connectivity index (χ3n) is 6.70. The molecule has 5 heteroatoms. The van der Waals surface area contributed by atoms with Crippen LogP contribution in [0.15, 0.2) is 29.8 Å². The standard InChI is InChI=1S/C27H34N2O3/c1-16(27(32)28-15-25(30)31)14-24-17(2)19(4)26(20(5)18(24)3)21-10-12-23(13-11-21)29-22-8-6-7-9-22/h10-14,22,29H,6-9,15H2,1-5H3,(H,28,32)(H,30,31). The number of amides is 1. The summed E-state index contributed by atoms with van der Waals surface area (Å²) in [7, 11) is 0. The molecule has 1 aliphatic carbocycles. The number of hydrogen-bond acceptors (Lipinski definition) is 3. The Balaban J connectivity index is 1.90. The highest BCUT2D eigenvalue weighted by molar-refractivity contribution is 5.99. The summed E-state index contributed by atoms with van der Waals surface area (Å²) in [6.07, 6.45) is 6.99. The maximum absolute atomic E-state index is 12.2. The van der Waals surface area contributed by atoms with Crippen LogP contribution in [0.3, 0.4) is 0 Å². The molecule has 0 bridgehead atoms. The van der Waals surface area contributed by atoms with Gasteiger partial charge >= 0.3 is 5.97 Å². The molecule has 0 saturated heterocycles. The van der Waals surface area contributed by atoms with Gasteiger partial charge in [-0.3, -0.25) is 9.59 Å². The first-order chi connectivity index (χ1) is 15.2. The number of carboxylic acid groups (broad SMARTS) is 1. The summed E-state index contributed by atoms with van der Waals surface area (Å²) in [4.78, 5) is 23.0. The van der Waals surface area contributed by atoms with E-state index in [2.05, 4.69) is 62.6 Å². The van der Waals surface area contributed by atoms with Gasteiger partial charge in [-0.15, -0.1) is 0 Å². The molecule has 2 aromatic rings. The SMILES string of the molecule is CC(=Cc1c(C)c(C)c(-c2ccc(NC3CCCC3)cc2)c(C)c1C)C(=O)NCC(=O)O. The lowest BCUT2D eigenvalue weighted by atomic mass is 9.85. The zero-order valence-corrected chi connectivity index (χ0v) is 19.8. The molecule has 2 aromatic carbocycles. The minimum absolute atomic E-state index is 0.365. The quantitative estimate of drug-likeness (QED) is 0.500. The molecule has 0 aromatic heterocycles. The Morgan fingerprint density at radius 1 is 0.969 bits per heavy atom. The Morgan fingerprint density at radius 2 is 1.53 bits per heavy atom. The van der Waals surface area contributed by atoms with Crippen molar-refractivity contribution >= 4 is 23.6 Å². The van der Waals surface area contributed by atoms with Crippen LogP contribution in [-0.2, 0) is 9.59 Å². The number of benzene rings is 2. The van der Waals surface area contributed by atoms with Crippen LogP contribution in [0, 0.1) is 27.7 Å². The number of anilines is 1. The molecule has 0 aliphatic heterocycles. The van der Waals surface area contributed by atoms with Gasteiger partial charge in [0, 0.05) is 17.3 Å². The molecule has 0 atom stereocenters. The predicted molar refractivity (Wildman–Crippen MR) is 131 cm³/mol. The molecule has 5 nitrogen and oxygen atoms in total. The smallest absolute Gasteiger partial charge is 0.322 e. The maximum Gasteiger partial charge on any atom is 0.322 e. The fraction of sp³-hybridized carbons (Fsp3) is 0.407. The van der Waals surface area contributed by atoms with Crippen LogP contribution >= 0.6 is 0 Å². The van der Waals surface area contributed by atoms with E-state index < -0.39 is 5.97 Å². The molecule has 32 heavy (non-hydrogen) atoms. The van der Waals surface area contributed by atoms with Crippen molar-refractivity contribution in [1.82, 2.24) is 5.32 Å². The van der Waals surface area contributed by atoms with Crippen molar-refractivity contribution in [3.8, 4) is 11.1 Å². The largest absolute Gasteiger partial charge is 0.480 e. The number of carbonyl (C=O) groups excluding carboxylic acids is 1. The zero-order valence-electron chi connectivity index (χ0n) is 19.8. The zero-order chi connectivity index (χ0) is 23.4. The van der Waals surface area contributed by atoms with Crippen LogP contribution in [0.1, 0.15) is 60.4 Å². The van der Waals surface area contributed by atoms with Gasteiger partial charge in [-0.05, 0) is 105 Å². The summed E-state index contributed by atoms with van der Waals surface area (Å²) >= 11 is 0. The van der Waals surface area contributed by atoms with Gasteiger partial charge in [0.25, 0.3) is 0 Å². The van der Waals surface area contributed by atoms with E-state index in [1.165, 1.54) is 53.6 Å². The number of aliphatic carboxylic acids is 1. The molecule has 0 unspecified atom stereocenters. The first-order valence-electron chi connectivity index (χ1n) is 11.3. The van der Waals surface area contributed by atoms with Crippen molar-refractivity contribution in [3.05, 3.63) is 57.7 Å². The minimum atomic E-state index is -1.06. The molecule has 0 heterocycles. The normalized spacial score (nSPS) is 14.5. The second-order valence-corrected chi connectivity index (χ2v) is 8.90. The first kappa shape index (κ1) is 23.6. The van der Waals surface area contributed by atoms with E-state index in [0.717, 1.165) is 16.7 Å². The second-order valence-electron chi connectivity index (χ2n) is 8.90. The Labute approximate surface area is 190 Å². The molecule has 0 spiro atoms. The van der Waals surface area contributed by atoms with Crippen molar-refractivity contribution in [2.24, 2.45) is 0 Å². The lowest BCUT2D eigenvalue weighted by Crippen LogP contribution is -2.29. The van der Waals surface area contributed by atoms with Crippen LogP contribution in [0.2, 0.25) is 0 Å². The number of carbonyl (C=O) groups is 2. The van der Waals surface area contributed by atoms with E-state index >= 15 is 0 Å². The van der Waals surface area contributed by atoms with Crippen LogP contribution in [0.5, 0.6) is 0 Å². The molecule has 1 amide bonds. The number of nitrogens with one attached hydrogen (secondary N) is 2. The van der Waals surface area contributed by atoms with E-state index in [1.54, 1.807) is 6.92 Å². The molecule has 3 rings (SSSR count). The summed E-state index contributed by atoms with van der Waals surface area (Å²) in [5.74, 6) is -1.42. The third kappa shape index (κ3) is 5.21. The highest BCUT2D eigenvalue weighted by Crippen LogP contribution is 2.36.